The van der Waals surface area contributed by atoms with Gasteiger partial charge in [-0.1, -0.05) is 73.7 Å². The van der Waals surface area contributed by atoms with Gasteiger partial charge in [-0.15, -0.1) is 5.10 Å². The van der Waals surface area contributed by atoms with Gasteiger partial charge in [-0.25, -0.2) is 4.68 Å². The van der Waals surface area contributed by atoms with E-state index < -0.39 is 0 Å². The van der Waals surface area contributed by atoms with Crippen LogP contribution in [-0.4, -0.2) is 25.2 Å². The maximum Gasteiger partial charge on any atom is 0.153 e. The Morgan fingerprint density at radius 2 is 1.86 bits per heavy atom. The summed E-state index contributed by atoms with van der Waals surface area (Å²) in [5, 5.41) is 17.2. The van der Waals surface area contributed by atoms with E-state index in [0.717, 1.165) is 35.1 Å². The predicted molar refractivity (Wildman–Crippen MR) is 115 cm³/mol. The average Bonchev–Trinajstić information content (AvgIpc) is 3.33. The van der Waals surface area contributed by atoms with Gasteiger partial charge in [0.2, 0.25) is 0 Å². The van der Waals surface area contributed by atoms with Crippen molar-refractivity contribution in [2.24, 2.45) is 5.92 Å². The van der Waals surface area contributed by atoms with Gasteiger partial charge in [-0.3, -0.25) is 5.10 Å². The molecule has 4 aromatic rings. The van der Waals surface area contributed by atoms with E-state index >= 15 is 0 Å². The predicted octanol–water partition coefficient (Wildman–Crippen LogP) is 4.57. The molecule has 0 amide bonds. The van der Waals surface area contributed by atoms with Crippen molar-refractivity contribution in [1.29, 1.82) is 0 Å². The first-order valence-corrected chi connectivity index (χ1v) is 10.5. The average molecular weight is 387 g/mol. The van der Waals surface area contributed by atoms with Crippen LogP contribution in [0.2, 0.25) is 0 Å². The maximum absolute atomic E-state index is 6.03. The second kappa shape index (κ2) is 7.70. The summed E-state index contributed by atoms with van der Waals surface area (Å²) in [7, 11) is 0. The molecule has 1 saturated carbocycles. The molecule has 29 heavy (non-hydrogen) atoms. The molecule has 2 heterocycles. The zero-order chi connectivity index (χ0) is 19.6. The van der Waals surface area contributed by atoms with Gasteiger partial charge < -0.3 is 5.73 Å². The molecule has 3 N–H and O–H groups in total. The standard InChI is InChI=1S/C23H26N6/c24-23-19-14-18(11-12-20(19)25-27-23)22-21(13-16-7-3-1-4-8-16)29(28-26-22)15-17-9-5-2-6-10-17/h2,5-6,9-12,14,16H,1,3-4,7-8,13,15H2,(H3,24,25,27). The van der Waals surface area contributed by atoms with Crippen LogP contribution in [0, 0.1) is 5.92 Å². The lowest BCUT2D eigenvalue weighted by molar-refractivity contribution is 0.349. The molecule has 1 aliphatic rings. The Morgan fingerprint density at radius 1 is 1.03 bits per heavy atom. The van der Waals surface area contributed by atoms with Gasteiger partial charge in [0.1, 0.15) is 5.69 Å². The molecule has 0 spiro atoms. The van der Waals surface area contributed by atoms with Crippen molar-refractivity contribution in [1.82, 2.24) is 25.2 Å². The van der Waals surface area contributed by atoms with Crippen LogP contribution in [0.3, 0.4) is 0 Å². The minimum absolute atomic E-state index is 0.521. The quantitative estimate of drug-likeness (QED) is 0.526. The van der Waals surface area contributed by atoms with E-state index in [1.165, 1.54) is 43.4 Å². The Hall–Kier alpha value is -3.15. The molecule has 0 unspecified atom stereocenters. The Kier molecular flexibility index (Phi) is 4.76. The number of fused-ring (bicyclic) bond motifs is 1. The van der Waals surface area contributed by atoms with Crippen LogP contribution in [0.4, 0.5) is 5.82 Å². The van der Waals surface area contributed by atoms with Gasteiger partial charge in [0.15, 0.2) is 5.82 Å². The molecular formula is C23H26N6. The second-order valence-corrected chi connectivity index (χ2v) is 8.11. The number of nitrogens with zero attached hydrogens (tertiary/aromatic N) is 4. The Bertz CT molecular complexity index is 1110. The number of hydrogen-bond acceptors (Lipinski definition) is 4. The fraction of sp³-hybridized carbons (Fsp3) is 0.348. The largest absolute Gasteiger partial charge is 0.382 e. The number of nitrogens with two attached hydrogens (primary N) is 1. The minimum atomic E-state index is 0.521. The third-order valence-corrected chi connectivity index (χ3v) is 6.09. The molecule has 0 saturated heterocycles. The molecule has 6 heteroatoms. The third kappa shape index (κ3) is 3.62. The lowest BCUT2D eigenvalue weighted by Crippen LogP contribution is -2.14. The lowest BCUT2D eigenvalue weighted by Gasteiger charge is -2.22. The minimum Gasteiger partial charge on any atom is -0.382 e. The summed E-state index contributed by atoms with van der Waals surface area (Å²) in [5.74, 6) is 1.23. The van der Waals surface area contributed by atoms with Gasteiger partial charge >= 0.3 is 0 Å². The van der Waals surface area contributed by atoms with Crippen molar-refractivity contribution < 1.29 is 0 Å². The molecule has 6 nitrogen and oxygen atoms in total. The molecular weight excluding hydrogens is 360 g/mol. The van der Waals surface area contributed by atoms with Crippen LogP contribution in [0.5, 0.6) is 0 Å². The number of nitrogen functional groups attached to an aromatic ring is 1. The zero-order valence-corrected chi connectivity index (χ0v) is 16.5. The second-order valence-electron chi connectivity index (χ2n) is 8.11. The van der Waals surface area contributed by atoms with Crippen LogP contribution in [-0.2, 0) is 13.0 Å². The topological polar surface area (TPSA) is 85.4 Å². The van der Waals surface area contributed by atoms with Crippen molar-refractivity contribution in [2.45, 2.75) is 45.1 Å². The molecule has 1 fully saturated rings. The SMILES string of the molecule is Nc1n[nH]c2ccc(-c3nnn(Cc4ccccc4)c3CC3CCCCC3)cc12. The van der Waals surface area contributed by atoms with Crippen LogP contribution in [0.25, 0.3) is 22.2 Å². The first kappa shape index (κ1) is 17.9. The van der Waals surface area contributed by atoms with Gasteiger partial charge in [0.25, 0.3) is 0 Å². The summed E-state index contributed by atoms with van der Waals surface area (Å²) in [6.45, 7) is 0.742. The summed E-state index contributed by atoms with van der Waals surface area (Å²) in [5.41, 5.74) is 11.5. The van der Waals surface area contributed by atoms with Crippen LogP contribution < -0.4 is 5.73 Å². The Labute approximate surface area is 170 Å². The number of anilines is 1. The molecule has 0 aliphatic heterocycles. The summed E-state index contributed by atoms with van der Waals surface area (Å²) >= 11 is 0. The van der Waals surface area contributed by atoms with Crippen molar-refractivity contribution in [3.63, 3.8) is 0 Å². The van der Waals surface area contributed by atoms with Crippen LogP contribution in [0.1, 0.15) is 43.4 Å². The van der Waals surface area contributed by atoms with Gasteiger partial charge in [0, 0.05) is 10.9 Å². The summed E-state index contributed by atoms with van der Waals surface area (Å²) in [6.07, 6.45) is 7.64. The number of H-pyrrole nitrogens is 1. The van der Waals surface area contributed by atoms with Crippen LogP contribution in [0.15, 0.2) is 48.5 Å². The highest BCUT2D eigenvalue weighted by Gasteiger charge is 2.22. The number of rotatable bonds is 5. The number of hydrogen-bond donors (Lipinski definition) is 2. The van der Waals surface area contributed by atoms with Crippen molar-refractivity contribution in [3.8, 4) is 11.3 Å². The molecule has 0 bridgehead atoms. The number of nitrogens with one attached hydrogen (secondary N) is 1. The number of benzene rings is 2. The lowest BCUT2D eigenvalue weighted by atomic mass is 9.85. The highest BCUT2D eigenvalue weighted by molar-refractivity contribution is 5.92. The van der Waals surface area contributed by atoms with E-state index in [1.54, 1.807) is 0 Å². The van der Waals surface area contributed by atoms with E-state index in [-0.39, 0.29) is 0 Å². The summed E-state index contributed by atoms with van der Waals surface area (Å²) in [4.78, 5) is 0. The van der Waals surface area contributed by atoms with Crippen LogP contribution >= 0.6 is 0 Å². The fourth-order valence-electron chi connectivity index (χ4n) is 4.49. The van der Waals surface area contributed by atoms with E-state index in [2.05, 4.69) is 61.6 Å². The number of aromatic nitrogens is 5. The first-order chi connectivity index (χ1) is 14.3. The molecule has 2 aromatic heterocycles. The highest BCUT2D eigenvalue weighted by atomic mass is 15.4. The smallest absolute Gasteiger partial charge is 0.153 e. The fourth-order valence-corrected chi connectivity index (χ4v) is 4.49. The Balaban J connectivity index is 1.54. The molecule has 0 radical (unpaired) electrons. The summed E-state index contributed by atoms with van der Waals surface area (Å²) in [6, 6.07) is 16.7. The molecule has 148 valence electrons. The van der Waals surface area contributed by atoms with Crippen molar-refractivity contribution in [2.75, 3.05) is 5.73 Å². The molecule has 1 aliphatic carbocycles. The van der Waals surface area contributed by atoms with Crippen molar-refractivity contribution >= 4 is 16.7 Å². The van der Waals surface area contributed by atoms with E-state index in [9.17, 15) is 0 Å². The third-order valence-electron chi connectivity index (χ3n) is 6.09. The van der Waals surface area contributed by atoms with Gasteiger partial charge in [-0.05, 0) is 30.0 Å². The molecule has 2 aromatic carbocycles. The van der Waals surface area contributed by atoms with E-state index in [1.807, 2.05) is 12.1 Å². The normalized spacial score (nSPS) is 15.2. The summed E-state index contributed by atoms with van der Waals surface area (Å²) < 4.78 is 2.09. The molecule has 0 atom stereocenters. The molecule has 5 rings (SSSR count). The van der Waals surface area contributed by atoms with E-state index in [0.29, 0.717) is 11.7 Å². The first-order valence-electron chi connectivity index (χ1n) is 10.5. The van der Waals surface area contributed by atoms with Gasteiger partial charge in [0.05, 0.1) is 17.8 Å². The monoisotopic (exact) mass is 386 g/mol. The zero-order valence-electron chi connectivity index (χ0n) is 16.5. The maximum atomic E-state index is 6.03. The number of aromatic amines is 1. The van der Waals surface area contributed by atoms with E-state index in [4.69, 9.17) is 5.73 Å². The van der Waals surface area contributed by atoms with Gasteiger partial charge in [-0.2, -0.15) is 5.10 Å². The van der Waals surface area contributed by atoms with Crippen molar-refractivity contribution in [3.05, 3.63) is 59.8 Å². The Morgan fingerprint density at radius 3 is 2.69 bits per heavy atom. The highest BCUT2D eigenvalue weighted by Crippen LogP contribution is 2.32.